The zero-order chi connectivity index (χ0) is 15.4. The number of aromatic nitrogens is 2. The van der Waals surface area contributed by atoms with Crippen molar-refractivity contribution in [2.24, 2.45) is 0 Å². The molecule has 0 saturated carbocycles. The molecule has 0 amide bonds. The molecule has 0 spiro atoms. The van der Waals surface area contributed by atoms with Crippen molar-refractivity contribution in [2.45, 2.75) is 19.4 Å². The summed E-state index contributed by atoms with van der Waals surface area (Å²) in [6, 6.07) is 4.30. The number of unbranched alkanes of at least 4 members (excludes halogenated alkanes) is 1. The van der Waals surface area contributed by atoms with Gasteiger partial charge in [-0.2, -0.15) is 0 Å². The van der Waals surface area contributed by atoms with Gasteiger partial charge in [-0.25, -0.2) is 4.79 Å². The number of H-pyrrole nitrogens is 1. The molecule has 21 heavy (non-hydrogen) atoms. The topological polar surface area (TPSA) is 101 Å². The Balaban J connectivity index is 2.47. The number of carbonyl (C=O) groups is 1. The van der Waals surface area contributed by atoms with E-state index < -0.39 is 17.1 Å². The first-order chi connectivity index (χ1) is 10.0. The highest BCUT2D eigenvalue weighted by Gasteiger charge is 2.10. The number of nitrogens with one attached hydrogen (secondary N) is 1. The molecule has 1 aromatic carbocycles. The standard InChI is InChI=1S/C14H16N2O5/c1-21-7-3-2-6-16-11-5-4-9(14(19)20)8-10(11)15-12(17)13(16)18/h4-5,8H,2-3,6-7H2,1H3,(H,15,17)(H,19,20). The Bertz CT molecular complexity index is 775. The number of fused-ring (bicyclic) bond motifs is 1. The van der Waals surface area contributed by atoms with Crippen LogP contribution in [-0.2, 0) is 11.3 Å². The molecule has 0 aliphatic carbocycles. The molecule has 2 N–H and O–H groups in total. The monoisotopic (exact) mass is 292 g/mol. The number of carboxylic acid groups (broad SMARTS) is 1. The molecule has 1 heterocycles. The minimum absolute atomic E-state index is 0.0581. The fourth-order valence-corrected chi connectivity index (χ4v) is 2.15. The average molecular weight is 292 g/mol. The maximum Gasteiger partial charge on any atom is 0.335 e. The summed E-state index contributed by atoms with van der Waals surface area (Å²) in [7, 11) is 1.60. The number of methoxy groups -OCH3 is 1. The molecular formula is C14H16N2O5. The molecule has 0 unspecified atom stereocenters. The zero-order valence-corrected chi connectivity index (χ0v) is 11.6. The summed E-state index contributed by atoms with van der Waals surface area (Å²) in [4.78, 5) is 37.0. The Hall–Kier alpha value is -2.41. The first-order valence-electron chi connectivity index (χ1n) is 6.53. The van der Waals surface area contributed by atoms with Gasteiger partial charge in [-0.15, -0.1) is 0 Å². The van der Waals surface area contributed by atoms with Gasteiger partial charge >= 0.3 is 17.1 Å². The van der Waals surface area contributed by atoms with Crippen LogP contribution in [0.25, 0.3) is 11.0 Å². The van der Waals surface area contributed by atoms with Gasteiger partial charge < -0.3 is 19.4 Å². The average Bonchev–Trinajstić information content (AvgIpc) is 2.46. The minimum atomic E-state index is -1.09. The molecule has 2 rings (SSSR count). The van der Waals surface area contributed by atoms with Gasteiger partial charge in [-0.3, -0.25) is 9.59 Å². The van der Waals surface area contributed by atoms with E-state index in [9.17, 15) is 14.4 Å². The molecule has 0 bridgehead atoms. The van der Waals surface area contributed by atoms with Gasteiger partial charge in [0.25, 0.3) is 0 Å². The van der Waals surface area contributed by atoms with Crippen LogP contribution in [0.3, 0.4) is 0 Å². The molecule has 2 aromatic rings. The van der Waals surface area contributed by atoms with E-state index >= 15 is 0 Å². The van der Waals surface area contributed by atoms with Crippen LogP contribution in [0.4, 0.5) is 0 Å². The number of rotatable bonds is 6. The maximum absolute atomic E-state index is 11.9. The number of aromatic amines is 1. The molecule has 7 nitrogen and oxygen atoms in total. The largest absolute Gasteiger partial charge is 0.478 e. The smallest absolute Gasteiger partial charge is 0.335 e. The molecule has 7 heteroatoms. The highest BCUT2D eigenvalue weighted by molar-refractivity contribution is 5.92. The van der Waals surface area contributed by atoms with Gasteiger partial charge in [0, 0.05) is 20.3 Å². The summed E-state index contributed by atoms with van der Waals surface area (Å²) in [5, 5.41) is 8.96. The van der Waals surface area contributed by atoms with Gasteiger partial charge in [0.15, 0.2) is 0 Å². The maximum atomic E-state index is 11.9. The first-order valence-corrected chi connectivity index (χ1v) is 6.53. The van der Waals surface area contributed by atoms with E-state index in [1.165, 1.54) is 22.8 Å². The van der Waals surface area contributed by atoms with Crippen LogP contribution in [-0.4, -0.2) is 34.3 Å². The van der Waals surface area contributed by atoms with Crippen molar-refractivity contribution in [3.05, 3.63) is 44.5 Å². The predicted molar refractivity (Wildman–Crippen MR) is 76.9 cm³/mol. The molecule has 0 radical (unpaired) electrons. The summed E-state index contributed by atoms with van der Waals surface area (Å²) in [5.74, 6) is -1.09. The van der Waals surface area contributed by atoms with E-state index in [2.05, 4.69) is 4.98 Å². The quantitative estimate of drug-likeness (QED) is 0.606. The van der Waals surface area contributed by atoms with Crippen molar-refractivity contribution in [3.8, 4) is 0 Å². The second kappa shape index (κ2) is 6.36. The van der Waals surface area contributed by atoms with Crippen molar-refractivity contribution < 1.29 is 14.6 Å². The van der Waals surface area contributed by atoms with E-state index in [4.69, 9.17) is 9.84 Å². The fourth-order valence-electron chi connectivity index (χ4n) is 2.15. The van der Waals surface area contributed by atoms with Crippen LogP contribution in [0.15, 0.2) is 27.8 Å². The van der Waals surface area contributed by atoms with Crippen LogP contribution in [0.2, 0.25) is 0 Å². The number of aryl methyl sites for hydroxylation is 1. The Kier molecular flexibility index (Phi) is 4.54. The highest BCUT2D eigenvalue weighted by atomic mass is 16.5. The van der Waals surface area contributed by atoms with Gasteiger partial charge in [-0.1, -0.05) is 0 Å². The lowest BCUT2D eigenvalue weighted by molar-refractivity contribution is 0.0697. The number of carboxylic acids is 1. The number of benzene rings is 1. The van der Waals surface area contributed by atoms with Crippen molar-refractivity contribution in [1.82, 2.24) is 9.55 Å². The van der Waals surface area contributed by atoms with E-state index in [-0.39, 0.29) is 5.56 Å². The summed E-state index contributed by atoms with van der Waals surface area (Å²) < 4.78 is 6.31. The van der Waals surface area contributed by atoms with Crippen molar-refractivity contribution in [3.63, 3.8) is 0 Å². The molecular weight excluding hydrogens is 276 g/mol. The third-order valence-corrected chi connectivity index (χ3v) is 3.20. The highest BCUT2D eigenvalue weighted by Crippen LogP contribution is 2.12. The third kappa shape index (κ3) is 3.19. The molecule has 0 aliphatic rings. The summed E-state index contributed by atoms with van der Waals surface area (Å²) in [6.45, 7) is 0.966. The predicted octanol–water partition coefficient (Wildman–Crippen LogP) is 0.815. The van der Waals surface area contributed by atoms with E-state index in [1.807, 2.05) is 0 Å². The van der Waals surface area contributed by atoms with Crippen molar-refractivity contribution in [2.75, 3.05) is 13.7 Å². The van der Waals surface area contributed by atoms with Gasteiger partial charge in [0.1, 0.15) is 0 Å². The van der Waals surface area contributed by atoms with Crippen LogP contribution in [0, 0.1) is 0 Å². The number of nitrogens with zero attached hydrogens (tertiary/aromatic N) is 1. The van der Waals surface area contributed by atoms with Crippen molar-refractivity contribution >= 4 is 17.0 Å². The molecule has 1 aromatic heterocycles. The van der Waals surface area contributed by atoms with Gasteiger partial charge in [0.05, 0.1) is 16.6 Å². The second-order valence-corrected chi connectivity index (χ2v) is 4.65. The summed E-state index contributed by atoms with van der Waals surface area (Å²) >= 11 is 0. The van der Waals surface area contributed by atoms with E-state index in [0.717, 1.165) is 6.42 Å². The lowest BCUT2D eigenvalue weighted by Gasteiger charge is -2.10. The van der Waals surface area contributed by atoms with Crippen LogP contribution in [0.5, 0.6) is 0 Å². The lowest BCUT2D eigenvalue weighted by atomic mass is 10.2. The first kappa shape index (κ1) is 15.0. The SMILES string of the molecule is COCCCCn1c(=O)c(=O)[nH]c2cc(C(=O)O)ccc21. The Morgan fingerprint density at radius 3 is 2.76 bits per heavy atom. The Morgan fingerprint density at radius 1 is 1.33 bits per heavy atom. The number of hydrogen-bond acceptors (Lipinski definition) is 4. The molecule has 0 saturated heterocycles. The second-order valence-electron chi connectivity index (χ2n) is 4.65. The summed E-state index contributed by atoms with van der Waals surface area (Å²) in [6.07, 6.45) is 1.46. The Morgan fingerprint density at radius 2 is 2.10 bits per heavy atom. The molecule has 0 aliphatic heterocycles. The van der Waals surface area contributed by atoms with Crippen molar-refractivity contribution in [1.29, 1.82) is 0 Å². The molecule has 0 atom stereocenters. The minimum Gasteiger partial charge on any atom is -0.478 e. The van der Waals surface area contributed by atoms with Crippen LogP contribution in [0.1, 0.15) is 23.2 Å². The Labute approximate surface area is 119 Å². The van der Waals surface area contributed by atoms with Crippen LogP contribution >= 0.6 is 0 Å². The lowest BCUT2D eigenvalue weighted by Crippen LogP contribution is -2.36. The molecule has 0 fully saturated rings. The third-order valence-electron chi connectivity index (χ3n) is 3.20. The zero-order valence-electron chi connectivity index (χ0n) is 11.6. The number of ether oxygens (including phenoxy) is 1. The van der Waals surface area contributed by atoms with E-state index in [1.54, 1.807) is 7.11 Å². The molecule has 112 valence electrons. The number of hydrogen-bond donors (Lipinski definition) is 2. The van der Waals surface area contributed by atoms with Gasteiger partial charge in [-0.05, 0) is 31.0 Å². The fraction of sp³-hybridized carbons (Fsp3) is 0.357. The number of aromatic carboxylic acids is 1. The summed E-state index contributed by atoms with van der Waals surface area (Å²) in [5.41, 5.74) is -0.476. The normalized spacial score (nSPS) is 10.9. The van der Waals surface area contributed by atoms with E-state index in [0.29, 0.717) is 30.6 Å². The van der Waals surface area contributed by atoms with Crippen LogP contribution < -0.4 is 11.1 Å². The van der Waals surface area contributed by atoms with Gasteiger partial charge in [0.2, 0.25) is 0 Å².